The zero-order chi connectivity index (χ0) is 14.7. The molecule has 1 aromatic heterocycles. The summed E-state index contributed by atoms with van der Waals surface area (Å²) in [6.45, 7) is 4.17. The summed E-state index contributed by atoms with van der Waals surface area (Å²) in [7, 11) is 0. The molecule has 1 fully saturated rings. The molecular formula is C16H20ClN3O. The van der Waals surface area contributed by atoms with Crippen LogP contribution in [0, 0.1) is 0 Å². The van der Waals surface area contributed by atoms with Crippen molar-refractivity contribution >= 4 is 11.6 Å². The Kier molecular flexibility index (Phi) is 4.27. The number of benzene rings is 1. The summed E-state index contributed by atoms with van der Waals surface area (Å²) in [6.07, 6.45) is 3.87. The Morgan fingerprint density at radius 2 is 2.24 bits per heavy atom. The summed E-state index contributed by atoms with van der Waals surface area (Å²) < 4.78 is 5.57. The number of hydrogen-bond donors (Lipinski definition) is 1. The molecule has 21 heavy (non-hydrogen) atoms. The van der Waals surface area contributed by atoms with Crippen LogP contribution in [0.15, 0.2) is 28.8 Å². The smallest absolute Gasteiger partial charge is 0.234 e. The minimum absolute atomic E-state index is 0.00994. The minimum Gasteiger partial charge on any atom is -0.339 e. The normalized spacial score (nSPS) is 22.4. The van der Waals surface area contributed by atoms with Gasteiger partial charge in [-0.05, 0) is 37.4 Å². The lowest BCUT2D eigenvalue weighted by molar-refractivity contribution is 0.220. The fraction of sp³-hybridized carbons (Fsp3) is 0.500. The van der Waals surface area contributed by atoms with Crippen molar-refractivity contribution in [3.8, 4) is 0 Å². The van der Waals surface area contributed by atoms with Crippen LogP contribution in [-0.2, 0) is 11.8 Å². The van der Waals surface area contributed by atoms with E-state index in [-0.39, 0.29) is 5.41 Å². The van der Waals surface area contributed by atoms with E-state index >= 15 is 0 Å². The zero-order valence-corrected chi connectivity index (χ0v) is 13.0. The summed E-state index contributed by atoms with van der Waals surface area (Å²) in [5.74, 6) is 1.47. The van der Waals surface area contributed by atoms with Crippen molar-refractivity contribution in [1.29, 1.82) is 0 Å². The van der Waals surface area contributed by atoms with Crippen molar-refractivity contribution < 1.29 is 4.52 Å². The molecule has 0 bridgehead atoms. The SMILES string of the molecule is CCC1(c2nc(Cc3ccccc3Cl)no2)CCCNC1. The second-order valence-corrected chi connectivity index (χ2v) is 6.11. The van der Waals surface area contributed by atoms with E-state index in [1.807, 2.05) is 24.3 Å². The van der Waals surface area contributed by atoms with Crippen LogP contribution < -0.4 is 5.32 Å². The number of aromatic nitrogens is 2. The summed E-state index contributed by atoms with van der Waals surface area (Å²) in [5.41, 5.74) is 1.02. The molecule has 0 saturated carbocycles. The van der Waals surface area contributed by atoms with Crippen molar-refractivity contribution in [2.24, 2.45) is 0 Å². The number of halogens is 1. The predicted molar refractivity (Wildman–Crippen MR) is 82.6 cm³/mol. The average molecular weight is 306 g/mol. The van der Waals surface area contributed by atoms with Gasteiger partial charge in [0.1, 0.15) is 0 Å². The Balaban J connectivity index is 1.81. The van der Waals surface area contributed by atoms with Gasteiger partial charge in [-0.2, -0.15) is 4.98 Å². The van der Waals surface area contributed by atoms with Crippen molar-refractivity contribution in [3.63, 3.8) is 0 Å². The molecule has 0 radical (unpaired) electrons. The molecule has 0 spiro atoms. The number of nitrogens with zero attached hydrogens (tertiary/aromatic N) is 2. The largest absolute Gasteiger partial charge is 0.339 e. The first kappa shape index (κ1) is 14.5. The van der Waals surface area contributed by atoms with Crippen LogP contribution in [0.1, 0.15) is 43.5 Å². The lowest BCUT2D eigenvalue weighted by atomic mass is 9.78. The highest BCUT2D eigenvalue weighted by atomic mass is 35.5. The van der Waals surface area contributed by atoms with Gasteiger partial charge in [-0.15, -0.1) is 0 Å². The Morgan fingerprint density at radius 3 is 2.95 bits per heavy atom. The van der Waals surface area contributed by atoms with E-state index < -0.39 is 0 Å². The lowest BCUT2D eigenvalue weighted by Crippen LogP contribution is -2.43. The lowest BCUT2D eigenvalue weighted by Gasteiger charge is -2.33. The zero-order valence-electron chi connectivity index (χ0n) is 12.2. The molecule has 1 atom stereocenters. The molecule has 1 aliphatic heterocycles. The number of nitrogens with one attached hydrogen (secondary N) is 1. The fourth-order valence-electron chi connectivity index (χ4n) is 2.96. The third-order valence-electron chi connectivity index (χ3n) is 4.38. The van der Waals surface area contributed by atoms with Gasteiger partial charge in [0.15, 0.2) is 5.82 Å². The minimum atomic E-state index is -0.00994. The first-order chi connectivity index (χ1) is 10.2. The summed E-state index contributed by atoms with van der Waals surface area (Å²) in [4.78, 5) is 4.64. The molecule has 1 unspecified atom stereocenters. The van der Waals surface area contributed by atoms with E-state index in [0.717, 1.165) is 48.8 Å². The molecular weight excluding hydrogens is 286 g/mol. The highest BCUT2D eigenvalue weighted by molar-refractivity contribution is 6.31. The van der Waals surface area contributed by atoms with E-state index in [1.54, 1.807) is 0 Å². The van der Waals surface area contributed by atoms with E-state index in [4.69, 9.17) is 16.1 Å². The average Bonchev–Trinajstić information content (AvgIpc) is 2.99. The van der Waals surface area contributed by atoms with Gasteiger partial charge >= 0.3 is 0 Å². The highest BCUT2D eigenvalue weighted by Crippen LogP contribution is 2.33. The molecule has 5 heteroatoms. The molecule has 112 valence electrons. The maximum absolute atomic E-state index is 6.19. The van der Waals surface area contributed by atoms with Crippen LogP contribution >= 0.6 is 11.6 Å². The summed E-state index contributed by atoms with van der Waals surface area (Å²) >= 11 is 6.19. The molecule has 2 aromatic rings. The van der Waals surface area contributed by atoms with Gasteiger partial charge < -0.3 is 9.84 Å². The number of piperidine rings is 1. The van der Waals surface area contributed by atoms with Gasteiger partial charge in [0, 0.05) is 18.0 Å². The van der Waals surface area contributed by atoms with Crippen molar-refractivity contribution in [3.05, 3.63) is 46.6 Å². The van der Waals surface area contributed by atoms with E-state index in [0.29, 0.717) is 12.2 Å². The Morgan fingerprint density at radius 1 is 1.38 bits per heavy atom. The molecule has 2 heterocycles. The Bertz CT molecular complexity index is 605. The summed E-state index contributed by atoms with van der Waals surface area (Å²) in [6, 6.07) is 7.78. The van der Waals surface area contributed by atoms with Gasteiger partial charge in [0.05, 0.1) is 5.41 Å². The third kappa shape index (κ3) is 2.97. The highest BCUT2D eigenvalue weighted by Gasteiger charge is 2.37. The molecule has 1 N–H and O–H groups in total. The van der Waals surface area contributed by atoms with E-state index in [9.17, 15) is 0 Å². The van der Waals surface area contributed by atoms with Crippen molar-refractivity contribution in [2.75, 3.05) is 13.1 Å². The van der Waals surface area contributed by atoms with Gasteiger partial charge in [-0.1, -0.05) is 41.9 Å². The molecule has 1 aliphatic rings. The quantitative estimate of drug-likeness (QED) is 0.941. The first-order valence-electron chi connectivity index (χ1n) is 7.51. The van der Waals surface area contributed by atoms with Gasteiger partial charge in [-0.25, -0.2) is 0 Å². The van der Waals surface area contributed by atoms with Crippen LogP contribution in [-0.4, -0.2) is 23.2 Å². The molecule has 1 saturated heterocycles. The maximum Gasteiger partial charge on any atom is 0.234 e. The third-order valence-corrected chi connectivity index (χ3v) is 4.75. The van der Waals surface area contributed by atoms with Gasteiger partial charge in [-0.3, -0.25) is 0 Å². The predicted octanol–water partition coefficient (Wildman–Crippen LogP) is 3.35. The second kappa shape index (κ2) is 6.16. The maximum atomic E-state index is 6.19. The van der Waals surface area contributed by atoms with E-state index in [1.165, 1.54) is 0 Å². The Labute approximate surface area is 129 Å². The molecule has 3 rings (SSSR count). The van der Waals surface area contributed by atoms with Gasteiger partial charge in [0.2, 0.25) is 5.89 Å². The van der Waals surface area contributed by atoms with Crippen LogP contribution in [0.5, 0.6) is 0 Å². The molecule has 4 nitrogen and oxygen atoms in total. The molecule has 0 aliphatic carbocycles. The van der Waals surface area contributed by atoms with Crippen LogP contribution in [0.4, 0.5) is 0 Å². The number of rotatable bonds is 4. The standard InChI is InChI=1S/C16H20ClN3O/c1-2-16(8-5-9-18-11-16)15-19-14(20-21-15)10-12-6-3-4-7-13(12)17/h3-4,6-7,18H,2,5,8-11H2,1H3. The van der Waals surface area contributed by atoms with Crippen molar-refractivity contribution in [1.82, 2.24) is 15.5 Å². The monoisotopic (exact) mass is 305 g/mol. The number of hydrogen-bond acceptors (Lipinski definition) is 4. The topological polar surface area (TPSA) is 51.0 Å². The fourth-order valence-corrected chi connectivity index (χ4v) is 3.16. The molecule has 1 aromatic carbocycles. The Hall–Kier alpha value is -1.39. The second-order valence-electron chi connectivity index (χ2n) is 5.70. The van der Waals surface area contributed by atoms with Crippen molar-refractivity contribution in [2.45, 2.75) is 38.0 Å². The van der Waals surface area contributed by atoms with Crippen LogP contribution in [0.25, 0.3) is 0 Å². The van der Waals surface area contributed by atoms with E-state index in [2.05, 4.69) is 22.4 Å². The first-order valence-corrected chi connectivity index (χ1v) is 7.88. The van der Waals surface area contributed by atoms with Crippen LogP contribution in [0.2, 0.25) is 5.02 Å². The summed E-state index contributed by atoms with van der Waals surface area (Å²) in [5, 5.41) is 8.34. The van der Waals surface area contributed by atoms with Gasteiger partial charge in [0.25, 0.3) is 0 Å². The molecule has 0 amide bonds. The van der Waals surface area contributed by atoms with Crippen LogP contribution in [0.3, 0.4) is 0 Å².